The first kappa shape index (κ1) is 23.8. The predicted octanol–water partition coefficient (Wildman–Crippen LogP) is 0.933. The first-order valence-corrected chi connectivity index (χ1v) is 9.58. The van der Waals surface area contributed by atoms with E-state index in [1.165, 1.54) is 51.4 Å². The molecule has 0 unspecified atom stereocenters. The lowest BCUT2D eigenvalue weighted by Gasteiger charge is -2.25. The number of aliphatic hydroxyl groups excluding tert-OH is 5. The summed E-state index contributed by atoms with van der Waals surface area (Å²) < 4.78 is 0. The van der Waals surface area contributed by atoms with Gasteiger partial charge in [-0.1, -0.05) is 64.7 Å². The Hall–Kier alpha value is -0.240. The average Bonchev–Trinajstić information content (AvgIpc) is 2.60. The molecule has 24 heavy (non-hydrogen) atoms. The van der Waals surface area contributed by atoms with Crippen LogP contribution in [0.2, 0.25) is 0 Å². The van der Waals surface area contributed by atoms with Gasteiger partial charge >= 0.3 is 0 Å². The molecule has 0 fully saturated rings. The second-order valence-electron chi connectivity index (χ2n) is 6.68. The Morgan fingerprint density at radius 3 is 1.62 bits per heavy atom. The molecular formula is C18H39NO5. The van der Waals surface area contributed by atoms with Crippen molar-refractivity contribution in [2.45, 2.75) is 95.5 Å². The minimum absolute atomic E-state index is 0.147. The largest absolute Gasteiger partial charge is 0.394 e. The van der Waals surface area contributed by atoms with Crippen molar-refractivity contribution in [3.63, 3.8) is 0 Å². The van der Waals surface area contributed by atoms with Gasteiger partial charge in [-0.3, -0.25) is 0 Å². The van der Waals surface area contributed by atoms with Gasteiger partial charge in [0.05, 0.1) is 12.7 Å². The quantitative estimate of drug-likeness (QED) is 0.218. The topological polar surface area (TPSA) is 113 Å². The Balaban J connectivity index is 3.43. The van der Waals surface area contributed by atoms with Crippen LogP contribution in [0.25, 0.3) is 0 Å². The monoisotopic (exact) mass is 349 g/mol. The molecule has 4 atom stereocenters. The van der Waals surface area contributed by atoms with E-state index >= 15 is 0 Å². The van der Waals surface area contributed by atoms with Gasteiger partial charge in [-0.2, -0.15) is 0 Å². The maximum Gasteiger partial charge on any atom is 0.111 e. The normalized spacial score (nSPS) is 16.8. The average molecular weight is 350 g/mol. The molecule has 0 aliphatic carbocycles. The van der Waals surface area contributed by atoms with E-state index in [9.17, 15) is 20.4 Å². The summed E-state index contributed by atoms with van der Waals surface area (Å²) in [6.07, 6.45) is 7.01. The predicted molar refractivity (Wildman–Crippen MR) is 95.8 cm³/mol. The van der Waals surface area contributed by atoms with E-state index in [1.54, 1.807) is 0 Å². The van der Waals surface area contributed by atoms with Crippen LogP contribution in [0.1, 0.15) is 71.1 Å². The van der Waals surface area contributed by atoms with Crippen LogP contribution in [0.5, 0.6) is 0 Å². The molecule has 0 aliphatic heterocycles. The SMILES string of the molecule is CCCCCCCCCCCCNC[C@@H](O)[C@H](O)[C@H](O)[C@H](O)CO. The second kappa shape index (κ2) is 16.2. The van der Waals surface area contributed by atoms with Gasteiger partial charge in [0.15, 0.2) is 0 Å². The van der Waals surface area contributed by atoms with E-state index in [0.29, 0.717) is 0 Å². The third kappa shape index (κ3) is 12.2. The van der Waals surface area contributed by atoms with Crippen molar-refractivity contribution < 1.29 is 25.5 Å². The van der Waals surface area contributed by atoms with Gasteiger partial charge in [0, 0.05) is 6.54 Å². The molecule has 0 aliphatic rings. The molecule has 0 saturated heterocycles. The van der Waals surface area contributed by atoms with Crippen molar-refractivity contribution in [1.82, 2.24) is 5.32 Å². The molecular weight excluding hydrogens is 310 g/mol. The van der Waals surface area contributed by atoms with Crippen molar-refractivity contribution in [2.75, 3.05) is 19.7 Å². The van der Waals surface area contributed by atoms with E-state index in [4.69, 9.17) is 5.11 Å². The number of aliphatic hydroxyl groups is 5. The van der Waals surface area contributed by atoms with Gasteiger partial charge in [-0.15, -0.1) is 0 Å². The molecule has 0 bridgehead atoms. The Bertz CT molecular complexity index is 268. The first-order valence-electron chi connectivity index (χ1n) is 9.58. The summed E-state index contributed by atoms with van der Waals surface area (Å²) in [5, 5.41) is 49.9. The van der Waals surface area contributed by atoms with Crippen LogP contribution >= 0.6 is 0 Å². The van der Waals surface area contributed by atoms with Crippen LogP contribution in [0, 0.1) is 0 Å². The molecule has 0 rings (SSSR count). The maximum atomic E-state index is 9.73. The molecule has 0 spiro atoms. The lowest BCUT2D eigenvalue weighted by Crippen LogP contribution is -2.49. The highest BCUT2D eigenvalue weighted by molar-refractivity contribution is 4.81. The highest BCUT2D eigenvalue weighted by atomic mass is 16.4. The van der Waals surface area contributed by atoms with Crippen molar-refractivity contribution >= 4 is 0 Å². The fourth-order valence-corrected chi connectivity index (χ4v) is 2.67. The Morgan fingerprint density at radius 2 is 1.12 bits per heavy atom. The summed E-state index contributed by atoms with van der Waals surface area (Å²) in [6, 6.07) is 0. The van der Waals surface area contributed by atoms with Gasteiger partial charge in [0.1, 0.15) is 18.3 Å². The second-order valence-corrected chi connectivity index (χ2v) is 6.68. The van der Waals surface area contributed by atoms with Crippen LogP contribution < -0.4 is 5.32 Å². The number of hydrogen-bond acceptors (Lipinski definition) is 6. The molecule has 0 radical (unpaired) electrons. The lowest BCUT2D eigenvalue weighted by atomic mass is 10.0. The van der Waals surface area contributed by atoms with E-state index in [0.717, 1.165) is 19.4 Å². The van der Waals surface area contributed by atoms with Gasteiger partial charge in [0.2, 0.25) is 0 Å². The summed E-state index contributed by atoms with van der Waals surface area (Å²) in [7, 11) is 0. The van der Waals surface area contributed by atoms with Crippen LogP contribution in [0.3, 0.4) is 0 Å². The fourth-order valence-electron chi connectivity index (χ4n) is 2.67. The van der Waals surface area contributed by atoms with E-state index in [-0.39, 0.29) is 6.54 Å². The van der Waals surface area contributed by atoms with Gasteiger partial charge < -0.3 is 30.8 Å². The number of unbranched alkanes of at least 4 members (excludes halogenated alkanes) is 9. The zero-order chi connectivity index (χ0) is 18.2. The molecule has 6 heteroatoms. The van der Waals surface area contributed by atoms with Gasteiger partial charge in [-0.25, -0.2) is 0 Å². The molecule has 0 amide bonds. The highest BCUT2D eigenvalue weighted by Crippen LogP contribution is 2.10. The fraction of sp³-hybridized carbons (Fsp3) is 1.00. The molecule has 0 aromatic heterocycles. The summed E-state index contributed by atoms with van der Waals surface area (Å²) in [5.41, 5.74) is 0. The van der Waals surface area contributed by atoms with Crippen molar-refractivity contribution in [3.05, 3.63) is 0 Å². The van der Waals surface area contributed by atoms with Crippen molar-refractivity contribution in [2.24, 2.45) is 0 Å². The molecule has 6 nitrogen and oxygen atoms in total. The first-order chi connectivity index (χ1) is 11.5. The third-order valence-electron chi connectivity index (χ3n) is 4.39. The van der Waals surface area contributed by atoms with Crippen molar-refractivity contribution in [3.8, 4) is 0 Å². The Morgan fingerprint density at radius 1 is 0.667 bits per heavy atom. The lowest BCUT2D eigenvalue weighted by molar-refractivity contribution is -0.113. The minimum atomic E-state index is -1.55. The van der Waals surface area contributed by atoms with Gasteiger partial charge in [-0.05, 0) is 13.0 Å². The van der Waals surface area contributed by atoms with Crippen LogP contribution in [0.4, 0.5) is 0 Å². The Labute approximate surface area is 146 Å². The molecule has 0 heterocycles. The van der Waals surface area contributed by atoms with E-state index in [1.807, 2.05) is 0 Å². The number of hydrogen-bond donors (Lipinski definition) is 6. The summed E-state index contributed by atoms with van der Waals surface area (Å²) in [5.74, 6) is 0. The number of rotatable bonds is 17. The summed E-state index contributed by atoms with van der Waals surface area (Å²) in [4.78, 5) is 0. The van der Waals surface area contributed by atoms with Crippen LogP contribution in [-0.4, -0.2) is 69.6 Å². The zero-order valence-electron chi connectivity index (χ0n) is 15.2. The standard InChI is InChI=1S/C18H39NO5/c1-2-3-4-5-6-7-8-9-10-11-12-19-13-15(21)17(23)18(24)16(22)14-20/h15-24H,2-14H2,1H3/t15-,16-,17+,18-/m1/s1. The third-order valence-corrected chi connectivity index (χ3v) is 4.39. The molecule has 0 saturated carbocycles. The summed E-state index contributed by atoms with van der Waals surface area (Å²) in [6.45, 7) is 2.47. The van der Waals surface area contributed by atoms with Gasteiger partial charge in [0.25, 0.3) is 0 Å². The zero-order valence-corrected chi connectivity index (χ0v) is 15.2. The highest BCUT2D eigenvalue weighted by Gasteiger charge is 2.29. The van der Waals surface area contributed by atoms with Crippen LogP contribution in [-0.2, 0) is 0 Å². The molecule has 146 valence electrons. The van der Waals surface area contributed by atoms with Crippen LogP contribution in [0.15, 0.2) is 0 Å². The van der Waals surface area contributed by atoms with E-state index < -0.39 is 31.0 Å². The smallest absolute Gasteiger partial charge is 0.111 e. The minimum Gasteiger partial charge on any atom is -0.394 e. The summed E-state index contributed by atoms with van der Waals surface area (Å²) >= 11 is 0. The molecule has 6 N–H and O–H groups in total. The molecule has 0 aromatic carbocycles. The van der Waals surface area contributed by atoms with E-state index in [2.05, 4.69) is 12.2 Å². The van der Waals surface area contributed by atoms with Crippen molar-refractivity contribution in [1.29, 1.82) is 0 Å². The molecule has 0 aromatic rings. The Kier molecular flexibility index (Phi) is 16.1. The maximum absolute atomic E-state index is 9.73. The number of nitrogens with one attached hydrogen (secondary N) is 1.